The summed E-state index contributed by atoms with van der Waals surface area (Å²) >= 11 is 1.37. The lowest BCUT2D eigenvalue weighted by Gasteiger charge is -2.24. The zero-order valence-corrected chi connectivity index (χ0v) is 10.2. The first-order valence-corrected chi connectivity index (χ1v) is 6.12. The second-order valence-electron chi connectivity index (χ2n) is 3.69. The Morgan fingerprint density at radius 1 is 1.44 bits per heavy atom. The fourth-order valence-electron chi connectivity index (χ4n) is 1.34. The quantitative estimate of drug-likeness (QED) is 0.861. The van der Waals surface area contributed by atoms with Gasteiger partial charge in [0.2, 0.25) is 0 Å². The minimum atomic E-state index is -0.996. The van der Waals surface area contributed by atoms with Crippen LogP contribution in [0.15, 0.2) is 24.3 Å². The summed E-state index contributed by atoms with van der Waals surface area (Å²) in [6.07, 6.45) is 0.911. The lowest BCUT2D eigenvalue weighted by molar-refractivity contribution is -0.139. The average Bonchev–Trinajstić information content (AvgIpc) is 2.26. The van der Waals surface area contributed by atoms with Gasteiger partial charge in [-0.3, -0.25) is 4.79 Å². The minimum absolute atomic E-state index is 0.350. The summed E-state index contributed by atoms with van der Waals surface area (Å²) in [7, 11) is 0. The van der Waals surface area contributed by atoms with Crippen molar-refractivity contribution in [3.8, 4) is 0 Å². The Hall–Kier alpha value is -1.03. The molecule has 0 amide bonds. The maximum atomic E-state index is 12.8. The van der Waals surface area contributed by atoms with E-state index in [-0.39, 0.29) is 5.82 Å². The molecule has 0 radical (unpaired) electrons. The van der Waals surface area contributed by atoms with Crippen molar-refractivity contribution in [1.82, 2.24) is 0 Å². The van der Waals surface area contributed by atoms with Crippen molar-refractivity contribution < 1.29 is 14.3 Å². The van der Waals surface area contributed by atoms with E-state index in [1.165, 1.54) is 36.0 Å². The first-order chi connectivity index (χ1) is 7.50. The van der Waals surface area contributed by atoms with Gasteiger partial charge in [0.15, 0.2) is 0 Å². The van der Waals surface area contributed by atoms with Crippen LogP contribution in [0, 0.1) is 5.82 Å². The fourth-order valence-corrected chi connectivity index (χ4v) is 2.38. The minimum Gasteiger partial charge on any atom is -0.480 e. The van der Waals surface area contributed by atoms with Gasteiger partial charge in [0.05, 0.1) is 0 Å². The van der Waals surface area contributed by atoms with Crippen LogP contribution in [0.4, 0.5) is 4.39 Å². The smallest absolute Gasteiger partial charge is 0.324 e. The summed E-state index contributed by atoms with van der Waals surface area (Å²) in [5.74, 6) is -0.477. The fraction of sp³-hybridized carbons (Fsp3) is 0.417. The van der Waals surface area contributed by atoms with Crippen LogP contribution in [-0.4, -0.2) is 16.8 Å². The first kappa shape index (κ1) is 13.0. The summed E-state index contributed by atoms with van der Waals surface area (Å²) in [4.78, 5) is 11.3. The molecule has 0 saturated carbocycles. The number of carboxylic acid groups (broad SMARTS) is 1. The van der Waals surface area contributed by atoms with Crippen LogP contribution in [0.1, 0.15) is 25.8 Å². The maximum absolute atomic E-state index is 12.8. The van der Waals surface area contributed by atoms with Crippen molar-refractivity contribution in [1.29, 1.82) is 0 Å². The summed E-state index contributed by atoms with van der Waals surface area (Å²) in [6, 6.07) is 5.66. The van der Waals surface area contributed by atoms with Gasteiger partial charge < -0.3 is 5.11 Å². The van der Waals surface area contributed by atoms with Crippen LogP contribution >= 0.6 is 11.8 Å². The second kappa shape index (κ2) is 5.34. The van der Waals surface area contributed by atoms with Gasteiger partial charge in [-0.05, 0) is 36.8 Å². The summed E-state index contributed by atoms with van der Waals surface area (Å²) < 4.78 is 11.8. The number of aliphatic carboxylic acids is 1. The predicted octanol–water partition coefficient (Wildman–Crippen LogP) is 3.27. The largest absolute Gasteiger partial charge is 0.480 e. The number of carboxylic acids is 1. The Labute approximate surface area is 98.9 Å². The molecule has 1 rings (SSSR count). The van der Waals surface area contributed by atoms with Gasteiger partial charge in [0.1, 0.15) is 10.6 Å². The number of halogens is 1. The lowest BCUT2D eigenvalue weighted by Crippen LogP contribution is -2.29. The van der Waals surface area contributed by atoms with Crippen LogP contribution in [0.5, 0.6) is 0 Å². The van der Waals surface area contributed by atoms with E-state index in [9.17, 15) is 14.3 Å². The van der Waals surface area contributed by atoms with Gasteiger partial charge in [-0.1, -0.05) is 19.1 Å². The molecule has 1 aromatic rings. The highest BCUT2D eigenvalue weighted by atomic mass is 32.2. The molecule has 1 unspecified atom stereocenters. The van der Waals surface area contributed by atoms with Gasteiger partial charge in [0, 0.05) is 0 Å². The van der Waals surface area contributed by atoms with Gasteiger partial charge in [-0.2, -0.15) is 0 Å². The molecule has 1 aromatic carbocycles. The van der Waals surface area contributed by atoms with E-state index in [0.29, 0.717) is 5.56 Å². The van der Waals surface area contributed by atoms with Crippen molar-refractivity contribution in [2.45, 2.75) is 25.0 Å². The van der Waals surface area contributed by atoms with E-state index < -0.39 is 10.7 Å². The molecule has 0 spiro atoms. The van der Waals surface area contributed by atoms with Crippen molar-refractivity contribution in [2.24, 2.45) is 0 Å². The van der Waals surface area contributed by atoms with Crippen molar-refractivity contribution in [3.05, 3.63) is 35.6 Å². The number of hydrogen-bond donors (Lipinski definition) is 1. The van der Waals surface area contributed by atoms with E-state index in [4.69, 9.17) is 0 Å². The number of benzene rings is 1. The number of carbonyl (C=O) groups is 1. The molecule has 4 heteroatoms. The lowest BCUT2D eigenvalue weighted by atomic mass is 10.0. The number of hydrogen-bond acceptors (Lipinski definition) is 2. The van der Waals surface area contributed by atoms with Crippen LogP contribution in [-0.2, 0) is 9.54 Å². The van der Waals surface area contributed by atoms with E-state index in [0.717, 1.165) is 12.2 Å². The topological polar surface area (TPSA) is 37.3 Å². The molecule has 2 nitrogen and oxygen atoms in total. The Kier molecular flexibility index (Phi) is 4.35. The van der Waals surface area contributed by atoms with Gasteiger partial charge in [-0.25, -0.2) is 4.39 Å². The molecule has 1 N–H and O–H groups in total. The van der Waals surface area contributed by atoms with Gasteiger partial charge in [0.25, 0.3) is 0 Å². The molecule has 0 bridgehead atoms. The molecule has 0 fully saturated rings. The Balaban J connectivity index is 3.01. The molecular weight excluding hydrogens is 227 g/mol. The van der Waals surface area contributed by atoms with Crippen LogP contribution in [0.2, 0.25) is 0 Å². The number of rotatable bonds is 5. The van der Waals surface area contributed by atoms with E-state index in [1.807, 2.05) is 6.92 Å². The van der Waals surface area contributed by atoms with Crippen LogP contribution in [0.25, 0.3) is 0 Å². The summed E-state index contributed by atoms with van der Waals surface area (Å²) in [6.45, 7) is 3.66. The van der Waals surface area contributed by atoms with E-state index >= 15 is 0 Å². The van der Waals surface area contributed by atoms with Gasteiger partial charge in [-0.15, -0.1) is 11.8 Å². The standard InChI is InChI=1S/C12H15FO2S/c1-3-8-16-12(2,11(14)15)9-4-6-10(13)7-5-9/h4-7H,3,8H2,1-2H3,(H,14,15). The van der Waals surface area contributed by atoms with Crippen molar-refractivity contribution in [2.75, 3.05) is 5.75 Å². The molecule has 0 aliphatic rings. The highest BCUT2D eigenvalue weighted by molar-refractivity contribution is 8.00. The maximum Gasteiger partial charge on any atom is 0.324 e. The molecular formula is C12H15FO2S. The normalized spacial score (nSPS) is 14.4. The third-order valence-corrected chi connectivity index (χ3v) is 4.00. The Morgan fingerprint density at radius 3 is 2.44 bits per heavy atom. The average molecular weight is 242 g/mol. The molecule has 0 aliphatic carbocycles. The SMILES string of the molecule is CCCSC(C)(C(=O)O)c1ccc(F)cc1. The van der Waals surface area contributed by atoms with Crippen LogP contribution < -0.4 is 0 Å². The first-order valence-electron chi connectivity index (χ1n) is 5.14. The molecule has 0 aromatic heterocycles. The predicted molar refractivity (Wildman–Crippen MR) is 64.1 cm³/mol. The zero-order chi connectivity index (χ0) is 12.2. The second-order valence-corrected chi connectivity index (χ2v) is 5.21. The van der Waals surface area contributed by atoms with Crippen LogP contribution in [0.3, 0.4) is 0 Å². The van der Waals surface area contributed by atoms with E-state index in [1.54, 1.807) is 6.92 Å². The van der Waals surface area contributed by atoms with Crippen molar-refractivity contribution in [3.63, 3.8) is 0 Å². The highest BCUT2D eigenvalue weighted by Crippen LogP contribution is 2.36. The third-order valence-electron chi connectivity index (χ3n) is 2.40. The number of thioether (sulfide) groups is 1. The highest BCUT2D eigenvalue weighted by Gasteiger charge is 2.35. The third kappa shape index (κ3) is 2.76. The Morgan fingerprint density at radius 2 is 2.00 bits per heavy atom. The monoisotopic (exact) mass is 242 g/mol. The summed E-state index contributed by atoms with van der Waals surface area (Å²) in [5.41, 5.74) is 0.625. The van der Waals surface area contributed by atoms with E-state index in [2.05, 4.69) is 0 Å². The Bertz CT molecular complexity index is 364. The molecule has 16 heavy (non-hydrogen) atoms. The molecule has 1 atom stereocenters. The molecule has 88 valence electrons. The molecule has 0 heterocycles. The van der Waals surface area contributed by atoms with Crippen molar-refractivity contribution >= 4 is 17.7 Å². The van der Waals surface area contributed by atoms with Gasteiger partial charge >= 0.3 is 5.97 Å². The zero-order valence-electron chi connectivity index (χ0n) is 9.37. The molecule has 0 aliphatic heterocycles. The molecule has 0 saturated heterocycles. The summed E-state index contributed by atoms with van der Waals surface area (Å²) in [5, 5.41) is 9.27.